The van der Waals surface area contributed by atoms with Gasteiger partial charge in [0.05, 0.1) is 6.07 Å². The van der Waals surface area contributed by atoms with Crippen LogP contribution in [-0.4, -0.2) is 0 Å². The molecule has 2 rings (SSSR count). The van der Waals surface area contributed by atoms with E-state index in [2.05, 4.69) is 25.1 Å². The van der Waals surface area contributed by atoms with Crippen LogP contribution >= 0.6 is 0 Å². The molecule has 0 N–H and O–H groups in total. The molecule has 1 nitrogen and oxygen atoms in total. The highest BCUT2D eigenvalue weighted by Crippen LogP contribution is 2.51. The van der Waals surface area contributed by atoms with Crippen LogP contribution in [0, 0.1) is 35.0 Å². The summed E-state index contributed by atoms with van der Waals surface area (Å²) in [6.07, 6.45) is 10.7. The monoisotopic (exact) mass is 189 g/mol. The summed E-state index contributed by atoms with van der Waals surface area (Å²) in [5, 5.41) is 8.53. The van der Waals surface area contributed by atoms with Crippen molar-refractivity contribution in [3.63, 3.8) is 0 Å². The highest BCUT2D eigenvalue weighted by atomic mass is 14.5. The van der Waals surface area contributed by atoms with Gasteiger partial charge in [0.2, 0.25) is 0 Å². The highest BCUT2D eigenvalue weighted by molar-refractivity contribution is 5.13. The Hall–Kier alpha value is -0.770. The van der Waals surface area contributed by atoms with Crippen LogP contribution in [0.15, 0.2) is 12.2 Å². The number of hydrogen-bond donors (Lipinski definition) is 0. The molecule has 2 bridgehead atoms. The summed E-state index contributed by atoms with van der Waals surface area (Å²) in [6, 6.07) is 2.25. The van der Waals surface area contributed by atoms with Crippen molar-refractivity contribution >= 4 is 0 Å². The van der Waals surface area contributed by atoms with Gasteiger partial charge in [-0.1, -0.05) is 25.5 Å². The first kappa shape index (κ1) is 9.77. The van der Waals surface area contributed by atoms with E-state index in [9.17, 15) is 0 Å². The third-order valence-electron chi connectivity index (χ3n) is 4.10. The summed E-state index contributed by atoms with van der Waals surface area (Å²) >= 11 is 0. The first-order valence-electron chi connectivity index (χ1n) is 5.92. The molecule has 1 heteroatoms. The topological polar surface area (TPSA) is 23.8 Å². The maximum Gasteiger partial charge on any atom is 0.0621 e. The molecule has 2 aliphatic carbocycles. The van der Waals surface area contributed by atoms with E-state index < -0.39 is 0 Å². The van der Waals surface area contributed by atoms with Crippen LogP contribution in [0.4, 0.5) is 0 Å². The molecule has 0 aromatic carbocycles. The number of fused-ring (bicyclic) bond motifs is 2. The lowest BCUT2D eigenvalue weighted by Gasteiger charge is -2.26. The van der Waals surface area contributed by atoms with Crippen molar-refractivity contribution < 1.29 is 0 Å². The highest BCUT2D eigenvalue weighted by Gasteiger charge is 2.42. The Morgan fingerprint density at radius 2 is 2.00 bits per heavy atom. The number of nitrogens with zero attached hydrogens (tertiary/aromatic N) is 1. The van der Waals surface area contributed by atoms with Gasteiger partial charge in [0.1, 0.15) is 0 Å². The Bertz CT molecular complexity index is 261. The molecular formula is C13H19N. The molecule has 1 fully saturated rings. The van der Waals surface area contributed by atoms with Crippen molar-refractivity contribution in [2.75, 3.05) is 0 Å². The molecule has 0 saturated heterocycles. The second kappa shape index (κ2) is 4.17. The van der Waals surface area contributed by atoms with E-state index in [-0.39, 0.29) is 0 Å². The minimum absolute atomic E-state index is 0.744. The van der Waals surface area contributed by atoms with Crippen molar-refractivity contribution in [3.05, 3.63) is 12.2 Å². The molecule has 14 heavy (non-hydrogen) atoms. The molecule has 0 aromatic rings. The molecule has 0 heterocycles. The molecule has 1 saturated carbocycles. The van der Waals surface area contributed by atoms with Crippen LogP contribution < -0.4 is 0 Å². The van der Waals surface area contributed by atoms with Crippen molar-refractivity contribution in [1.82, 2.24) is 0 Å². The van der Waals surface area contributed by atoms with Gasteiger partial charge < -0.3 is 0 Å². The average Bonchev–Trinajstić information content (AvgIpc) is 2.78. The van der Waals surface area contributed by atoms with Crippen molar-refractivity contribution in [1.29, 1.82) is 5.26 Å². The summed E-state index contributed by atoms with van der Waals surface area (Å²) in [6.45, 7) is 2.32. The van der Waals surface area contributed by atoms with Gasteiger partial charge in [-0.3, -0.25) is 0 Å². The zero-order valence-corrected chi connectivity index (χ0v) is 8.95. The Morgan fingerprint density at radius 3 is 2.64 bits per heavy atom. The van der Waals surface area contributed by atoms with Gasteiger partial charge in [-0.25, -0.2) is 0 Å². The fraction of sp³-hybridized carbons (Fsp3) is 0.769. The molecule has 0 radical (unpaired) electrons. The SMILES string of the molecule is CCC1C2C=CC(C2)C1CCCC#N. The van der Waals surface area contributed by atoms with Crippen LogP contribution in [0.1, 0.15) is 39.0 Å². The molecule has 2 aliphatic rings. The Kier molecular flexibility index (Phi) is 2.91. The van der Waals surface area contributed by atoms with E-state index in [1.54, 1.807) is 0 Å². The van der Waals surface area contributed by atoms with E-state index in [0.717, 1.165) is 36.5 Å². The van der Waals surface area contributed by atoms with Crippen molar-refractivity contribution in [3.8, 4) is 6.07 Å². The lowest BCUT2D eigenvalue weighted by atomic mass is 9.79. The number of rotatable bonds is 4. The van der Waals surface area contributed by atoms with Gasteiger partial charge in [-0.05, 0) is 42.9 Å². The average molecular weight is 189 g/mol. The van der Waals surface area contributed by atoms with Gasteiger partial charge in [-0.15, -0.1) is 0 Å². The largest absolute Gasteiger partial charge is 0.198 e. The number of nitriles is 1. The van der Waals surface area contributed by atoms with Crippen molar-refractivity contribution in [2.45, 2.75) is 39.0 Å². The van der Waals surface area contributed by atoms with Crippen LogP contribution in [-0.2, 0) is 0 Å². The number of unbranched alkanes of at least 4 members (excludes halogenated alkanes) is 1. The minimum atomic E-state index is 0.744. The molecular weight excluding hydrogens is 170 g/mol. The Morgan fingerprint density at radius 1 is 1.29 bits per heavy atom. The van der Waals surface area contributed by atoms with E-state index in [1.807, 2.05) is 0 Å². The maximum atomic E-state index is 8.53. The van der Waals surface area contributed by atoms with Gasteiger partial charge in [0, 0.05) is 6.42 Å². The number of allylic oxidation sites excluding steroid dienone is 2. The lowest BCUT2D eigenvalue weighted by molar-refractivity contribution is 0.279. The number of hydrogen-bond acceptors (Lipinski definition) is 1. The second-order valence-electron chi connectivity index (χ2n) is 4.73. The molecule has 76 valence electrons. The third kappa shape index (κ3) is 1.59. The summed E-state index contributed by atoms with van der Waals surface area (Å²) in [4.78, 5) is 0. The first-order chi connectivity index (χ1) is 6.86. The summed E-state index contributed by atoms with van der Waals surface area (Å²) in [5.74, 6) is 3.53. The standard InChI is InChI=1S/C13H19N/c1-2-12-10-6-7-11(9-10)13(12)5-3-4-8-14/h6-7,10-13H,2-5,9H2,1H3. The Balaban J connectivity index is 1.91. The van der Waals surface area contributed by atoms with Crippen LogP contribution in [0.25, 0.3) is 0 Å². The molecule has 4 atom stereocenters. The molecule has 0 spiro atoms. The van der Waals surface area contributed by atoms with Gasteiger partial charge in [-0.2, -0.15) is 5.26 Å². The smallest absolute Gasteiger partial charge is 0.0621 e. The second-order valence-corrected chi connectivity index (χ2v) is 4.73. The first-order valence-corrected chi connectivity index (χ1v) is 5.92. The molecule has 0 amide bonds. The van der Waals surface area contributed by atoms with Gasteiger partial charge in [0.25, 0.3) is 0 Å². The molecule has 0 aliphatic heterocycles. The normalized spacial score (nSPS) is 38.9. The predicted octanol–water partition coefficient (Wildman–Crippen LogP) is 3.53. The van der Waals surface area contributed by atoms with Crippen LogP contribution in [0.3, 0.4) is 0 Å². The fourth-order valence-electron chi connectivity index (χ4n) is 3.48. The predicted molar refractivity (Wildman–Crippen MR) is 57.5 cm³/mol. The fourth-order valence-corrected chi connectivity index (χ4v) is 3.48. The third-order valence-corrected chi connectivity index (χ3v) is 4.10. The molecule has 4 unspecified atom stereocenters. The van der Waals surface area contributed by atoms with E-state index in [4.69, 9.17) is 5.26 Å². The molecule has 0 aromatic heterocycles. The minimum Gasteiger partial charge on any atom is -0.198 e. The van der Waals surface area contributed by atoms with Gasteiger partial charge >= 0.3 is 0 Å². The van der Waals surface area contributed by atoms with E-state index >= 15 is 0 Å². The maximum absolute atomic E-state index is 8.53. The van der Waals surface area contributed by atoms with Crippen LogP contribution in [0.2, 0.25) is 0 Å². The van der Waals surface area contributed by atoms with Crippen molar-refractivity contribution in [2.24, 2.45) is 23.7 Å². The summed E-state index contributed by atoms with van der Waals surface area (Å²) < 4.78 is 0. The zero-order valence-electron chi connectivity index (χ0n) is 8.95. The van der Waals surface area contributed by atoms with Gasteiger partial charge in [0.15, 0.2) is 0 Å². The van der Waals surface area contributed by atoms with E-state index in [0.29, 0.717) is 0 Å². The quantitative estimate of drug-likeness (QED) is 0.490. The Labute approximate surface area is 86.8 Å². The zero-order chi connectivity index (χ0) is 9.97. The van der Waals surface area contributed by atoms with E-state index in [1.165, 1.54) is 19.3 Å². The van der Waals surface area contributed by atoms with Crippen LogP contribution in [0.5, 0.6) is 0 Å². The summed E-state index contributed by atoms with van der Waals surface area (Å²) in [5.41, 5.74) is 0. The summed E-state index contributed by atoms with van der Waals surface area (Å²) in [7, 11) is 0. The lowest BCUT2D eigenvalue weighted by Crippen LogP contribution is -2.18.